The SMILES string of the molecule is C[C@@H]1CC[C@@]2(OC1)O[C@H]1C[C@H]3[C@@H]4CC[C@H]5C[C@@H](OC(=O)/C=C/c6cccc(N(CCCl)CCCl)c6)CC[C@]5(C)[C@H]4CC(=O)N[C@]3(C)[C@H]1[C@@H]2C. The molecule has 0 unspecified atom stereocenters. The van der Waals surface area contributed by atoms with Gasteiger partial charge < -0.3 is 24.4 Å². The zero-order chi connectivity index (χ0) is 34.6. The Labute approximate surface area is 303 Å². The van der Waals surface area contributed by atoms with Crippen molar-refractivity contribution in [1.82, 2.24) is 5.32 Å². The summed E-state index contributed by atoms with van der Waals surface area (Å²) in [6, 6.07) is 8.05. The second-order valence-corrected chi connectivity index (χ2v) is 17.5. The van der Waals surface area contributed by atoms with Gasteiger partial charge in [-0.05, 0) is 111 Å². The molecule has 1 aromatic carbocycles. The first-order chi connectivity index (χ1) is 23.5. The van der Waals surface area contributed by atoms with Crippen LogP contribution in [0.1, 0.15) is 91.0 Å². The molecule has 6 aliphatic rings. The molecule has 12 atom stereocenters. The molecule has 7 rings (SSSR count). The Bertz CT molecular complexity index is 1410. The lowest BCUT2D eigenvalue weighted by Gasteiger charge is -2.56. The molecule has 1 aromatic rings. The number of carbonyl (C=O) groups excluding carboxylic acids is 2. The summed E-state index contributed by atoms with van der Waals surface area (Å²) in [7, 11) is 0. The molecule has 0 bridgehead atoms. The highest BCUT2D eigenvalue weighted by Gasteiger charge is 2.69. The first-order valence-corrected chi connectivity index (χ1v) is 20.0. The number of esters is 1. The Morgan fingerprint density at radius 1 is 1.06 bits per heavy atom. The Kier molecular flexibility index (Phi) is 10.1. The summed E-state index contributed by atoms with van der Waals surface area (Å²) in [4.78, 5) is 29.1. The molecule has 9 heteroatoms. The molecule has 6 fully saturated rings. The first kappa shape index (κ1) is 35.6. The van der Waals surface area contributed by atoms with E-state index in [1.54, 1.807) is 6.08 Å². The average molecular weight is 716 g/mol. The molecular formula is C40H56Cl2N2O5. The number of amides is 1. The molecule has 270 valence electrons. The van der Waals surface area contributed by atoms with Gasteiger partial charge >= 0.3 is 5.97 Å². The van der Waals surface area contributed by atoms with Crippen LogP contribution < -0.4 is 10.2 Å². The third-order valence-corrected chi connectivity index (χ3v) is 14.5. The molecule has 3 heterocycles. The predicted molar refractivity (Wildman–Crippen MR) is 195 cm³/mol. The predicted octanol–water partition coefficient (Wildman–Crippen LogP) is 7.82. The third-order valence-electron chi connectivity index (χ3n) is 14.2. The van der Waals surface area contributed by atoms with E-state index in [0.29, 0.717) is 60.9 Å². The smallest absolute Gasteiger partial charge is 0.331 e. The van der Waals surface area contributed by atoms with Crippen molar-refractivity contribution >= 4 is 46.8 Å². The minimum Gasteiger partial charge on any atom is -0.459 e. The lowest BCUT2D eigenvalue weighted by atomic mass is 9.49. The number of ether oxygens (including phenoxy) is 3. The number of rotatable bonds is 8. The van der Waals surface area contributed by atoms with Crippen molar-refractivity contribution in [3.8, 4) is 0 Å². The number of hydrogen-bond donors (Lipinski definition) is 1. The minimum absolute atomic E-state index is 0.0522. The van der Waals surface area contributed by atoms with Crippen LogP contribution in [-0.2, 0) is 23.8 Å². The van der Waals surface area contributed by atoms with Crippen LogP contribution in [0, 0.1) is 46.8 Å². The largest absolute Gasteiger partial charge is 0.459 e. The maximum atomic E-state index is 13.9. The highest BCUT2D eigenvalue weighted by atomic mass is 35.5. The van der Waals surface area contributed by atoms with E-state index in [0.717, 1.165) is 69.2 Å². The van der Waals surface area contributed by atoms with Crippen molar-refractivity contribution in [3.05, 3.63) is 35.9 Å². The monoisotopic (exact) mass is 714 g/mol. The number of nitrogens with zero attached hydrogens (tertiary/aromatic N) is 1. The summed E-state index contributed by atoms with van der Waals surface area (Å²) in [5.74, 6) is 3.16. The molecule has 49 heavy (non-hydrogen) atoms. The Balaban J connectivity index is 1.00. The Morgan fingerprint density at radius 3 is 2.59 bits per heavy atom. The quantitative estimate of drug-likeness (QED) is 0.168. The maximum absolute atomic E-state index is 13.9. The van der Waals surface area contributed by atoms with E-state index in [1.165, 1.54) is 0 Å². The summed E-state index contributed by atoms with van der Waals surface area (Å²) < 4.78 is 19.5. The second-order valence-electron chi connectivity index (χ2n) is 16.8. The van der Waals surface area contributed by atoms with Crippen LogP contribution in [0.25, 0.3) is 6.08 Å². The zero-order valence-corrected chi connectivity index (χ0v) is 31.3. The molecule has 3 saturated heterocycles. The van der Waals surface area contributed by atoms with Gasteiger partial charge in [-0.3, -0.25) is 4.79 Å². The highest BCUT2D eigenvalue weighted by molar-refractivity contribution is 6.18. The van der Waals surface area contributed by atoms with E-state index in [4.69, 9.17) is 37.4 Å². The lowest BCUT2D eigenvalue weighted by Crippen LogP contribution is -2.57. The number of nitrogens with one attached hydrogen (secondary N) is 1. The highest BCUT2D eigenvalue weighted by Crippen LogP contribution is 2.65. The van der Waals surface area contributed by atoms with Crippen LogP contribution in [0.4, 0.5) is 5.69 Å². The maximum Gasteiger partial charge on any atom is 0.331 e. The van der Waals surface area contributed by atoms with Crippen LogP contribution in [-0.4, -0.2) is 66.9 Å². The summed E-state index contributed by atoms with van der Waals surface area (Å²) in [6.07, 6.45) is 12.0. The number of carbonyl (C=O) groups is 2. The van der Waals surface area contributed by atoms with Crippen molar-refractivity contribution < 1.29 is 23.8 Å². The fourth-order valence-electron chi connectivity index (χ4n) is 11.7. The second kappa shape index (κ2) is 14.0. The fourth-order valence-corrected chi connectivity index (χ4v) is 12.1. The normalized spacial score (nSPS) is 42.9. The molecule has 3 aliphatic heterocycles. The summed E-state index contributed by atoms with van der Waals surface area (Å²) in [6.45, 7) is 11.5. The first-order valence-electron chi connectivity index (χ1n) is 19.0. The van der Waals surface area contributed by atoms with Crippen LogP contribution in [0.3, 0.4) is 0 Å². The van der Waals surface area contributed by atoms with Gasteiger partial charge in [-0.25, -0.2) is 4.79 Å². The fraction of sp³-hybridized carbons (Fsp3) is 0.750. The molecule has 3 aliphatic carbocycles. The van der Waals surface area contributed by atoms with Crippen molar-refractivity contribution in [3.63, 3.8) is 0 Å². The number of fused-ring (bicyclic) bond motifs is 7. The number of benzene rings is 1. The Hall–Kier alpha value is -1.80. The van der Waals surface area contributed by atoms with Crippen molar-refractivity contribution in [2.45, 2.75) is 109 Å². The molecule has 0 radical (unpaired) electrons. The molecular weight excluding hydrogens is 659 g/mol. The van der Waals surface area contributed by atoms with E-state index in [9.17, 15) is 9.59 Å². The van der Waals surface area contributed by atoms with Gasteiger partial charge in [0.2, 0.25) is 5.91 Å². The van der Waals surface area contributed by atoms with E-state index >= 15 is 0 Å². The van der Waals surface area contributed by atoms with Crippen molar-refractivity contribution in [1.29, 1.82) is 0 Å². The molecule has 1 N–H and O–H groups in total. The van der Waals surface area contributed by atoms with E-state index in [2.05, 4.69) is 37.9 Å². The van der Waals surface area contributed by atoms with Gasteiger partial charge in [0.1, 0.15) is 6.10 Å². The molecule has 0 aromatic heterocycles. The number of alkyl halides is 2. The van der Waals surface area contributed by atoms with Crippen LogP contribution >= 0.6 is 23.2 Å². The van der Waals surface area contributed by atoms with Gasteiger partial charge in [0.05, 0.1) is 12.7 Å². The van der Waals surface area contributed by atoms with Gasteiger partial charge in [0.25, 0.3) is 0 Å². The Morgan fingerprint density at radius 2 is 1.86 bits per heavy atom. The molecule has 3 saturated carbocycles. The van der Waals surface area contributed by atoms with Crippen LogP contribution in [0.15, 0.2) is 30.3 Å². The summed E-state index contributed by atoms with van der Waals surface area (Å²) in [5.41, 5.74) is 1.73. The van der Waals surface area contributed by atoms with Gasteiger partial charge in [-0.1, -0.05) is 32.9 Å². The summed E-state index contributed by atoms with van der Waals surface area (Å²) >= 11 is 12.0. The van der Waals surface area contributed by atoms with Gasteiger partial charge in [-0.15, -0.1) is 23.2 Å². The average Bonchev–Trinajstić information content (AvgIpc) is 3.46. The lowest BCUT2D eigenvalue weighted by molar-refractivity contribution is -0.271. The van der Waals surface area contributed by atoms with Gasteiger partial charge in [-0.2, -0.15) is 0 Å². The number of hydrogen-bond acceptors (Lipinski definition) is 6. The van der Waals surface area contributed by atoms with E-state index in [-0.39, 0.29) is 46.9 Å². The van der Waals surface area contributed by atoms with Crippen LogP contribution in [0.5, 0.6) is 0 Å². The number of anilines is 1. The minimum atomic E-state index is -0.499. The topological polar surface area (TPSA) is 77.1 Å². The molecule has 7 nitrogen and oxygen atoms in total. The zero-order valence-electron chi connectivity index (χ0n) is 29.8. The van der Waals surface area contributed by atoms with Gasteiger partial charge in [0, 0.05) is 66.8 Å². The number of halogens is 2. The van der Waals surface area contributed by atoms with Crippen molar-refractivity contribution in [2.75, 3.05) is 36.4 Å². The third kappa shape index (κ3) is 6.46. The molecule has 1 spiro atoms. The van der Waals surface area contributed by atoms with E-state index in [1.807, 2.05) is 30.3 Å². The van der Waals surface area contributed by atoms with Crippen molar-refractivity contribution in [2.24, 2.45) is 46.8 Å². The standard InChI is InChI=1S/C40H56Cl2N2O5/c1-25-12-15-40(47-24-25)26(2)37-34(49-40)22-33-31-10-9-28-21-30(13-14-38(28,3)32(31)23-35(45)43-39(33,37)4)48-36(46)11-8-27-6-5-7-29(20-27)44(18-16-41)19-17-42/h5-8,11,20,25-26,28,30-34,37H,9-10,12-19,21-24H2,1-4H3,(H,43,45)/b11-8+/t25-,26+,28+,30+,31-,32+,33+,34+,37+,38+,39+,40-/m1/s1. The summed E-state index contributed by atoms with van der Waals surface area (Å²) in [5, 5.41) is 3.64. The van der Waals surface area contributed by atoms with Gasteiger partial charge in [0.15, 0.2) is 5.79 Å². The molecule has 1 amide bonds. The van der Waals surface area contributed by atoms with Crippen LogP contribution in [0.2, 0.25) is 0 Å². The van der Waals surface area contributed by atoms with E-state index < -0.39 is 5.79 Å².